The SMILES string of the molecule is C=C/C=C\c1c(C)c2c3oc4ccccc4c3cc(-c3ccc4c(c3)c3ccccc3n4-c3ccccc3)c2n1-c1ccc(-n2c3ccccc3c3ccccc32)cc1. The highest BCUT2D eigenvalue weighted by Gasteiger charge is 2.25. The molecule has 8 aromatic carbocycles. The second-order valence-corrected chi connectivity index (χ2v) is 15.4. The van der Waals surface area contributed by atoms with E-state index in [1.807, 2.05) is 18.2 Å². The van der Waals surface area contributed by atoms with E-state index in [2.05, 4.69) is 203 Å². The standard InChI is InChI=1S/C55H37N3O/c1-3-4-22-47-35(2)53-54(58(47)39-30-28-38(29-31-39)57-48-23-12-8-18-40(48)41-19-9-13-24-49(41)57)44(34-46-43-21-11-15-26-52(43)59-55(46)53)36-27-32-51-45(33-36)42-20-10-14-25-50(42)56(51)37-16-6-5-7-17-37/h3-34H,1H2,2H3/b22-4-. The van der Waals surface area contributed by atoms with Crippen LogP contribution in [0.4, 0.5) is 0 Å². The van der Waals surface area contributed by atoms with Crippen molar-refractivity contribution in [2.45, 2.75) is 6.92 Å². The normalized spacial score (nSPS) is 12.2. The maximum Gasteiger partial charge on any atom is 0.145 e. The van der Waals surface area contributed by atoms with Crippen LogP contribution in [-0.2, 0) is 0 Å². The Morgan fingerprint density at radius 1 is 0.475 bits per heavy atom. The highest BCUT2D eigenvalue weighted by Crippen LogP contribution is 2.46. The number of para-hydroxylation sites is 5. The highest BCUT2D eigenvalue weighted by atomic mass is 16.3. The van der Waals surface area contributed by atoms with Crippen molar-refractivity contribution in [2.24, 2.45) is 0 Å². The monoisotopic (exact) mass is 755 g/mol. The van der Waals surface area contributed by atoms with E-state index < -0.39 is 0 Å². The van der Waals surface area contributed by atoms with Crippen LogP contribution in [0.5, 0.6) is 0 Å². The Bertz CT molecular complexity index is 3630. The quantitative estimate of drug-likeness (QED) is 0.155. The van der Waals surface area contributed by atoms with Crippen molar-refractivity contribution in [3.05, 3.63) is 206 Å². The number of nitrogens with zero attached hydrogens (tertiary/aromatic N) is 3. The second-order valence-electron chi connectivity index (χ2n) is 15.4. The molecule has 4 aromatic heterocycles. The van der Waals surface area contributed by atoms with Gasteiger partial charge in [0.15, 0.2) is 0 Å². The van der Waals surface area contributed by atoms with E-state index in [1.54, 1.807) is 0 Å². The number of hydrogen-bond acceptors (Lipinski definition) is 1. The number of furan rings is 1. The molecule has 0 aliphatic heterocycles. The molecule has 59 heavy (non-hydrogen) atoms. The minimum atomic E-state index is 0.883. The first kappa shape index (κ1) is 33.3. The third-order valence-corrected chi connectivity index (χ3v) is 12.2. The van der Waals surface area contributed by atoms with E-state index >= 15 is 0 Å². The molecule has 0 N–H and O–H groups in total. The molecule has 4 heteroatoms. The van der Waals surface area contributed by atoms with Gasteiger partial charge in [-0.15, -0.1) is 0 Å². The summed E-state index contributed by atoms with van der Waals surface area (Å²) in [5.74, 6) is 0. The summed E-state index contributed by atoms with van der Waals surface area (Å²) in [5.41, 5.74) is 15.5. The molecule has 278 valence electrons. The molecule has 0 aliphatic carbocycles. The fourth-order valence-electron chi connectivity index (χ4n) is 9.64. The van der Waals surface area contributed by atoms with Gasteiger partial charge in [-0.25, -0.2) is 0 Å². The first-order valence-electron chi connectivity index (χ1n) is 20.1. The lowest BCUT2D eigenvalue weighted by Crippen LogP contribution is -2.00. The lowest BCUT2D eigenvalue weighted by atomic mass is 9.96. The van der Waals surface area contributed by atoms with Gasteiger partial charge in [-0.1, -0.05) is 116 Å². The lowest BCUT2D eigenvalue weighted by Gasteiger charge is -2.15. The van der Waals surface area contributed by atoms with Crippen LogP contribution in [-0.4, -0.2) is 13.7 Å². The van der Waals surface area contributed by atoms with Crippen LogP contribution in [0.3, 0.4) is 0 Å². The summed E-state index contributed by atoms with van der Waals surface area (Å²) in [5, 5.41) is 8.26. The molecule has 0 spiro atoms. The molecule has 0 bridgehead atoms. The Kier molecular flexibility index (Phi) is 7.26. The number of allylic oxidation sites excluding steroid dienone is 2. The van der Waals surface area contributed by atoms with Crippen molar-refractivity contribution in [3.8, 4) is 28.2 Å². The van der Waals surface area contributed by atoms with Crippen molar-refractivity contribution < 1.29 is 4.42 Å². The van der Waals surface area contributed by atoms with Gasteiger partial charge in [0.05, 0.1) is 27.6 Å². The lowest BCUT2D eigenvalue weighted by molar-refractivity contribution is 0.672. The van der Waals surface area contributed by atoms with Crippen LogP contribution in [0.15, 0.2) is 199 Å². The van der Waals surface area contributed by atoms with Gasteiger partial charge in [-0.2, -0.15) is 0 Å². The summed E-state index contributed by atoms with van der Waals surface area (Å²) in [6.07, 6.45) is 6.06. The Hall–Kier alpha value is -7.82. The Labute approximate surface area is 340 Å². The van der Waals surface area contributed by atoms with Crippen LogP contribution < -0.4 is 0 Å². The molecular weight excluding hydrogens is 719 g/mol. The van der Waals surface area contributed by atoms with Gasteiger partial charge < -0.3 is 18.1 Å². The molecule has 12 aromatic rings. The number of fused-ring (bicyclic) bond motifs is 11. The van der Waals surface area contributed by atoms with Crippen molar-refractivity contribution in [3.63, 3.8) is 0 Å². The summed E-state index contributed by atoms with van der Waals surface area (Å²) < 4.78 is 14.0. The Balaban J connectivity index is 1.16. The summed E-state index contributed by atoms with van der Waals surface area (Å²) >= 11 is 0. The molecular formula is C55H37N3O. The minimum absolute atomic E-state index is 0.883. The third-order valence-electron chi connectivity index (χ3n) is 12.2. The maximum atomic E-state index is 6.81. The third kappa shape index (κ3) is 4.84. The van der Waals surface area contributed by atoms with Crippen LogP contribution in [0.2, 0.25) is 0 Å². The molecule has 0 unspecified atom stereocenters. The van der Waals surface area contributed by atoms with E-state index in [0.29, 0.717) is 0 Å². The number of rotatable bonds is 6. The summed E-state index contributed by atoms with van der Waals surface area (Å²) in [7, 11) is 0. The minimum Gasteiger partial charge on any atom is -0.455 e. The first-order chi connectivity index (χ1) is 29.2. The smallest absolute Gasteiger partial charge is 0.145 e. The number of hydrogen-bond donors (Lipinski definition) is 0. The molecule has 4 nitrogen and oxygen atoms in total. The first-order valence-corrected chi connectivity index (χ1v) is 20.1. The molecule has 0 saturated heterocycles. The summed E-state index contributed by atoms with van der Waals surface area (Å²) in [6.45, 7) is 6.28. The van der Waals surface area contributed by atoms with E-state index in [9.17, 15) is 0 Å². The van der Waals surface area contributed by atoms with E-state index in [0.717, 1.165) is 72.3 Å². The van der Waals surface area contributed by atoms with Gasteiger partial charge in [-0.3, -0.25) is 0 Å². The predicted molar refractivity (Wildman–Crippen MR) is 249 cm³/mol. The molecule has 0 fully saturated rings. The van der Waals surface area contributed by atoms with Gasteiger partial charge in [0.25, 0.3) is 0 Å². The number of benzene rings is 8. The molecule has 4 heterocycles. The van der Waals surface area contributed by atoms with Gasteiger partial charge in [0.1, 0.15) is 11.2 Å². The molecule has 0 atom stereocenters. The molecule has 0 amide bonds. The van der Waals surface area contributed by atoms with Crippen molar-refractivity contribution >= 4 is 82.5 Å². The van der Waals surface area contributed by atoms with Crippen LogP contribution in [0, 0.1) is 6.92 Å². The zero-order valence-corrected chi connectivity index (χ0v) is 32.4. The highest BCUT2D eigenvalue weighted by molar-refractivity contribution is 6.21. The van der Waals surface area contributed by atoms with Crippen molar-refractivity contribution in [2.75, 3.05) is 0 Å². The van der Waals surface area contributed by atoms with Gasteiger partial charge >= 0.3 is 0 Å². The van der Waals surface area contributed by atoms with Gasteiger partial charge in [0, 0.05) is 66.0 Å². The van der Waals surface area contributed by atoms with Crippen molar-refractivity contribution in [1.82, 2.24) is 13.7 Å². The fourth-order valence-corrected chi connectivity index (χ4v) is 9.64. The average molecular weight is 756 g/mol. The van der Waals surface area contributed by atoms with E-state index in [4.69, 9.17) is 4.42 Å². The number of aryl methyl sites for hydroxylation is 1. The summed E-state index contributed by atoms with van der Waals surface area (Å²) in [4.78, 5) is 0. The Morgan fingerprint density at radius 3 is 1.64 bits per heavy atom. The van der Waals surface area contributed by atoms with E-state index in [-0.39, 0.29) is 0 Å². The zero-order chi connectivity index (χ0) is 39.2. The largest absolute Gasteiger partial charge is 0.455 e. The summed E-state index contributed by atoms with van der Waals surface area (Å²) in [6, 6.07) is 63.5. The topological polar surface area (TPSA) is 27.9 Å². The Morgan fingerprint density at radius 2 is 1.00 bits per heavy atom. The van der Waals surface area contributed by atoms with Crippen molar-refractivity contribution in [1.29, 1.82) is 0 Å². The van der Waals surface area contributed by atoms with Crippen LogP contribution in [0.25, 0.3) is 111 Å². The molecule has 0 saturated carbocycles. The average Bonchev–Trinajstić information content (AvgIpc) is 4.02. The number of aromatic nitrogens is 3. The fraction of sp³-hybridized carbons (Fsp3) is 0.0182. The predicted octanol–water partition coefficient (Wildman–Crippen LogP) is 14.9. The molecule has 0 aliphatic rings. The van der Waals surface area contributed by atoms with Gasteiger partial charge in [-0.05, 0) is 103 Å². The van der Waals surface area contributed by atoms with Gasteiger partial charge in [0.2, 0.25) is 0 Å². The zero-order valence-electron chi connectivity index (χ0n) is 32.4. The molecule has 12 rings (SSSR count). The van der Waals surface area contributed by atoms with Crippen LogP contribution >= 0.6 is 0 Å². The molecule has 0 radical (unpaired) electrons. The maximum absolute atomic E-state index is 6.81. The van der Waals surface area contributed by atoms with Crippen LogP contribution in [0.1, 0.15) is 11.3 Å². The van der Waals surface area contributed by atoms with E-state index in [1.165, 1.54) is 43.6 Å². The second kappa shape index (κ2) is 12.9.